The van der Waals surface area contributed by atoms with Gasteiger partial charge in [-0.1, -0.05) is 32.3 Å². The minimum absolute atomic E-state index is 0.0519. The van der Waals surface area contributed by atoms with Gasteiger partial charge in [0.25, 0.3) is 0 Å². The molecule has 0 aliphatic heterocycles. The number of hydrogen-bond acceptors (Lipinski definition) is 3. The van der Waals surface area contributed by atoms with E-state index in [2.05, 4.69) is 24.4 Å². The smallest absolute Gasteiger partial charge is 0.120 e. The minimum Gasteiger partial charge on any atom is -0.497 e. The molecule has 3 N–H and O–H groups in total. The fraction of sp³-hybridized carbons (Fsp3) is 0.647. The highest BCUT2D eigenvalue weighted by atomic mass is 16.5. The number of anilines is 1. The molecule has 0 radical (unpaired) electrons. The van der Waals surface area contributed by atoms with Crippen LogP contribution >= 0.6 is 0 Å². The molecule has 0 bridgehead atoms. The highest BCUT2D eigenvalue weighted by Gasteiger charge is 2.31. The number of nitrogens with one attached hydrogen (secondary N) is 1. The van der Waals surface area contributed by atoms with Crippen LogP contribution in [0.25, 0.3) is 0 Å². The van der Waals surface area contributed by atoms with E-state index in [1.165, 1.54) is 32.1 Å². The Labute approximate surface area is 122 Å². The van der Waals surface area contributed by atoms with Gasteiger partial charge in [-0.15, -0.1) is 0 Å². The van der Waals surface area contributed by atoms with E-state index in [0.29, 0.717) is 6.54 Å². The SMILES string of the molecule is CCC1CCCC(CN)(Nc2cccc(OC)c2)CC1. The fourth-order valence-corrected chi connectivity index (χ4v) is 3.27. The average Bonchev–Trinajstić information content (AvgIpc) is 2.70. The number of methoxy groups -OCH3 is 1. The summed E-state index contributed by atoms with van der Waals surface area (Å²) in [7, 11) is 1.70. The molecular formula is C17H28N2O. The number of ether oxygens (including phenoxy) is 1. The Kier molecular flexibility index (Phi) is 5.30. The first-order valence-corrected chi connectivity index (χ1v) is 7.83. The van der Waals surface area contributed by atoms with Crippen LogP contribution in [0.15, 0.2) is 24.3 Å². The van der Waals surface area contributed by atoms with E-state index >= 15 is 0 Å². The molecule has 0 aromatic heterocycles. The molecule has 0 amide bonds. The maximum Gasteiger partial charge on any atom is 0.120 e. The number of benzene rings is 1. The van der Waals surface area contributed by atoms with E-state index in [0.717, 1.165) is 23.8 Å². The van der Waals surface area contributed by atoms with Crippen molar-refractivity contribution in [3.63, 3.8) is 0 Å². The predicted molar refractivity (Wildman–Crippen MR) is 85.3 cm³/mol. The van der Waals surface area contributed by atoms with E-state index in [4.69, 9.17) is 10.5 Å². The van der Waals surface area contributed by atoms with Gasteiger partial charge in [0.1, 0.15) is 5.75 Å². The molecule has 2 rings (SSSR count). The topological polar surface area (TPSA) is 47.3 Å². The zero-order chi connectivity index (χ0) is 14.4. The van der Waals surface area contributed by atoms with Crippen molar-refractivity contribution >= 4 is 5.69 Å². The lowest BCUT2D eigenvalue weighted by Crippen LogP contribution is -2.45. The van der Waals surface area contributed by atoms with Crippen molar-refractivity contribution in [3.8, 4) is 5.75 Å². The third kappa shape index (κ3) is 3.66. The van der Waals surface area contributed by atoms with Crippen LogP contribution in [0.5, 0.6) is 5.75 Å². The Bertz CT molecular complexity index is 421. The van der Waals surface area contributed by atoms with Crippen LogP contribution < -0.4 is 15.8 Å². The summed E-state index contributed by atoms with van der Waals surface area (Å²) in [6.45, 7) is 3.00. The van der Waals surface area contributed by atoms with Crippen molar-refractivity contribution in [1.29, 1.82) is 0 Å². The number of nitrogens with two attached hydrogens (primary N) is 1. The van der Waals surface area contributed by atoms with Gasteiger partial charge in [-0.05, 0) is 37.3 Å². The maximum atomic E-state index is 6.12. The largest absolute Gasteiger partial charge is 0.497 e. The highest BCUT2D eigenvalue weighted by molar-refractivity contribution is 5.50. The minimum atomic E-state index is 0.0519. The van der Waals surface area contributed by atoms with Gasteiger partial charge < -0.3 is 15.8 Å². The zero-order valence-electron chi connectivity index (χ0n) is 12.8. The summed E-state index contributed by atoms with van der Waals surface area (Å²) >= 11 is 0. The molecular weight excluding hydrogens is 248 g/mol. The molecule has 0 saturated heterocycles. The van der Waals surface area contributed by atoms with Crippen molar-refractivity contribution in [2.75, 3.05) is 19.0 Å². The third-order valence-corrected chi connectivity index (χ3v) is 4.75. The number of hydrogen-bond donors (Lipinski definition) is 2. The molecule has 0 heterocycles. The molecule has 1 saturated carbocycles. The van der Waals surface area contributed by atoms with Crippen molar-refractivity contribution in [2.45, 2.75) is 51.0 Å². The summed E-state index contributed by atoms with van der Waals surface area (Å²) in [4.78, 5) is 0. The molecule has 112 valence electrons. The number of rotatable bonds is 5. The van der Waals surface area contributed by atoms with Gasteiger partial charge in [0.2, 0.25) is 0 Å². The summed E-state index contributed by atoms with van der Waals surface area (Å²) in [5.74, 6) is 1.76. The quantitative estimate of drug-likeness (QED) is 0.804. The molecule has 1 fully saturated rings. The molecule has 0 spiro atoms. The summed E-state index contributed by atoms with van der Waals surface area (Å²) in [6, 6.07) is 8.15. The zero-order valence-corrected chi connectivity index (χ0v) is 12.8. The van der Waals surface area contributed by atoms with E-state index in [1.807, 2.05) is 12.1 Å². The van der Waals surface area contributed by atoms with Crippen LogP contribution in [0.3, 0.4) is 0 Å². The Morgan fingerprint density at radius 3 is 2.90 bits per heavy atom. The van der Waals surface area contributed by atoms with Gasteiger partial charge in [0, 0.05) is 23.8 Å². The molecule has 1 aliphatic rings. The normalized spacial score (nSPS) is 26.9. The van der Waals surface area contributed by atoms with Crippen LogP contribution in [0.4, 0.5) is 5.69 Å². The van der Waals surface area contributed by atoms with Crippen LogP contribution in [0, 0.1) is 5.92 Å². The lowest BCUT2D eigenvalue weighted by atomic mass is 9.89. The van der Waals surface area contributed by atoms with E-state index < -0.39 is 0 Å². The maximum absolute atomic E-state index is 6.12. The van der Waals surface area contributed by atoms with Crippen LogP contribution in [-0.2, 0) is 0 Å². The molecule has 1 aromatic carbocycles. The molecule has 2 unspecified atom stereocenters. The first-order chi connectivity index (χ1) is 9.71. The molecule has 1 aliphatic carbocycles. The third-order valence-electron chi connectivity index (χ3n) is 4.75. The second-order valence-electron chi connectivity index (χ2n) is 6.05. The van der Waals surface area contributed by atoms with E-state index in [-0.39, 0.29) is 5.54 Å². The second kappa shape index (κ2) is 6.98. The molecule has 1 aromatic rings. The molecule has 3 heteroatoms. The summed E-state index contributed by atoms with van der Waals surface area (Å²) in [5.41, 5.74) is 7.29. The van der Waals surface area contributed by atoms with Gasteiger partial charge in [-0.3, -0.25) is 0 Å². The first kappa shape index (κ1) is 15.2. The van der Waals surface area contributed by atoms with Gasteiger partial charge in [-0.2, -0.15) is 0 Å². The van der Waals surface area contributed by atoms with Crippen molar-refractivity contribution in [1.82, 2.24) is 0 Å². The Morgan fingerprint density at radius 1 is 1.35 bits per heavy atom. The van der Waals surface area contributed by atoms with Crippen molar-refractivity contribution in [3.05, 3.63) is 24.3 Å². The highest BCUT2D eigenvalue weighted by Crippen LogP contribution is 2.34. The Hall–Kier alpha value is -1.22. The predicted octanol–water partition coefficient (Wildman–Crippen LogP) is 3.79. The van der Waals surface area contributed by atoms with E-state index in [1.54, 1.807) is 7.11 Å². The molecule has 20 heavy (non-hydrogen) atoms. The van der Waals surface area contributed by atoms with Gasteiger partial charge in [0.15, 0.2) is 0 Å². The molecule has 2 atom stereocenters. The van der Waals surface area contributed by atoms with E-state index in [9.17, 15) is 0 Å². The monoisotopic (exact) mass is 276 g/mol. The first-order valence-electron chi connectivity index (χ1n) is 7.83. The van der Waals surface area contributed by atoms with Gasteiger partial charge >= 0.3 is 0 Å². The van der Waals surface area contributed by atoms with Gasteiger partial charge in [0.05, 0.1) is 7.11 Å². The lowest BCUT2D eigenvalue weighted by Gasteiger charge is -2.34. The van der Waals surface area contributed by atoms with Crippen LogP contribution in [0.1, 0.15) is 45.4 Å². The summed E-state index contributed by atoms with van der Waals surface area (Å²) in [5, 5.41) is 3.70. The van der Waals surface area contributed by atoms with Gasteiger partial charge in [-0.25, -0.2) is 0 Å². The Balaban J connectivity index is 2.10. The standard InChI is InChI=1S/C17H28N2O/c1-3-14-6-5-10-17(13-18,11-9-14)19-15-7-4-8-16(12-15)20-2/h4,7-8,12,14,19H,3,5-6,9-11,13,18H2,1-2H3. The Morgan fingerprint density at radius 2 is 2.20 bits per heavy atom. The molecule has 3 nitrogen and oxygen atoms in total. The van der Waals surface area contributed by atoms with Crippen LogP contribution in [0.2, 0.25) is 0 Å². The second-order valence-corrected chi connectivity index (χ2v) is 6.05. The average molecular weight is 276 g/mol. The lowest BCUT2D eigenvalue weighted by molar-refractivity contribution is 0.397. The van der Waals surface area contributed by atoms with Crippen LogP contribution in [-0.4, -0.2) is 19.2 Å². The fourth-order valence-electron chi connectivity index (χ4n) is 3.27. The van der Waals surface area contributed by atoms with Crippen molar-refractivity contribution < 1.29 is 4.74 Å². The summed E-state index contributed by atoms with van der Waals surface area (Å²) in [6.07, 6.45) is 7.52. The van der Waals surface area contributed by atoms with Crippen molar-refractivity contribution in [2.24, 2.45) is 11.7 Å². The summed E-state index contributed by atoms with van der Waals surface area (Å²) < 4.78 is 5.30.